The number of nitrogens with zero attached hydrogens (tertiary/aromatic N) is 2. The molecule has 1 fully saturated rings. The van der Waals surface area contributed by atoms with Crippen LogP contribution in [0.2, 0.25) is 0 Å². The van der Waals surface area contributed by atoms with E-state index in [0.717, 1.165) is 6.42 Å². The van der Waals surface area contributed by atoms with Gasteiger partial charge in [0.15, 0.2) is 5.84 Å². The standard InChI is InChI=1S/C9H19N3O/c1-3-8-5-4-7(2)12(8)6-9(10)11-13/h7-8,13H,3-6H2,1-2H3,(H2,10,11). The van der Waals surface area contributed by atoms with Gasteiger partial charge in [-0.1, -0.05) is 12.1 Å². The lowest BCUT2D eigenvalue weighted by atomic mass is 10.1. The molecule has 1 heterocycles. The molecular formula is C9H19N3O. The second-order valence-corrected chi connectivity index (χ2v) is 3.75. The van der Waals surface area contributed by atoms with Gasteiger partial charge >= 0.3 is 0 Å². The lowest BCUT2D eigenvalue weighted by molar-refractivity contribution is 0.224. The van der Waals surface area contributed by atoms with Crippen molar-refractivity contribution in [3.05, 3.63) is 0 Å². The monoisotopic (exact) mass is 185 g/mol. The molecule has 0 saturated carbocycles. The molecule has 0 aromatic carbocycles. The molecule has 1 saturated heterocycles. The Morgan fingerprint density at radius 1 is 1.62 bits per heavy atom. The summed E-state index contributed by atoms with van der Waals surface area (Å²) < 4.78 is 0. The van der Waals surface area contributed by atoms with Gasteiger partial charge in [0.25, 0.3) is 0 Å². The lowest BCUT2D eigenvalue weighted by Gasteiger charge is -2.26. The Morgan fingerprint density at radius 3 is 2.85 bits per heavy atom. The molecule has 2 unspecified atom stereocenters. The predicted molar refractivity (Wildman–Crippen MR) is 52.9 cm³/mol. The van der Waals surface area contributed by atoms with E-state index in [2.05, 4.69) is 23.9 Å². The minimum absolute atomic E-state index is 0.312. The van der Waals surface area contributed by atoms with Gasteiger partial charge in [-0.15, -0.1) is 0 Å². The molecule has 13 heavy (non-hydrogen) atoms. The highest BCUT2D eigenvalue weighted by molar-refractivity contribution is 5.81. The summed E-state index contributed by atoms with van der Waals surface area (Å²) in [6.07, 6.45) is 3.59. The zero-order valence-electron chi connectivity index (χ0n) is 8.40. The third-order valence-corrected chi connectivity index (χ3v) is 2.90. The molecule has 0 aromatic heterocycles. The van der Waals surface area contributed by atoms with E-state index in [-0.39, 0.29) is 0 Å². The van der Waals surface area contributed by atoms with Crippen LogP contribution in [0.4, 0.5) is 0 Å². The second-order valence-electron chi connectivity index (χ2n) is 3.75. The molecule has 0 aromatic rings. The third-order valence-electron chi connectivity index (χ3n) is 2.90. The molecule has 76 valence electrons. The van der Waals surface area contributed by atoms with Crippen molar-refractivity contribution >= 4 is 5.84 Å². The van der Waals surface area contributed by atoms with Gasteiger partial charge in [-0.25, -0.2) is 0 Å². The van der Waals surface area contributed by atoms with Crippen LogP contribution in [0.3, 0.4) is 0 Å². The molecule has 0 amide bonds. The maximum atomic E-state index is 8.48. The van der Waals surface area contributed by atoms with E-state index < -0.39 is 0 Å². The third kappa shape index (κ3) is 2.34. The normalized spacial score (nSPS) is 31.1. The fourth-order valence-corrected chi connectivity index (χ4v) is 2.07. The Balaban J connectivity index is 2.54. The number of rotatable bonds is 3. The van der Waals surface area contributed by atoms with Crippen molar-refractivity contribution in [2.24, 2.45) is 10.9 Å². The SMILES string of the molecule is CCC1CCC(C)N1CC(N)=NO. The summed E-state index contributed by atoms with van der Waals surface area (Å²) in [5.74, 6) is 0.312. The van der Waals surface area contributed by atoms with Gasteiger partial charge in [-0.2, -0.15) is 0 Å². The molecule has 4 heteroatoms. The molecule has 0 aliphatic carbocycles. The summed E-state index contributed by atoms with van der Waals surface area (Å²) in [6.45, 7) is 4.97. The van der Waals surface area contributed by atoms with Crippen molar-refractivity contribution in [3.8, 4) is 0 Å². The smallest absolute Gasteiger partial charge is 0.153 e. The number of amidine groups is 1. The van der Waals surface area contributed by atoms with Gasteiger partial charge < -0.3 is 10.9 Å². The zero-order chi connectivity index (χ0) is 9.84. The lowest BCUT2D eigenvalue weighted by Crippen LogP contribution is -2.40. The highest BCUT2D eigenvalue weighted by atomic mass is 16.4. The van der Waals surface area contributed by atoms with E-state index in [1.165, 1.54) is 12.8 Å². The summed E-state index contributed by atoms with van der Waals surface area (Å²) in [6, 6.07) is 1.17. The van der Waals surface area contributed by atoms with Crippen LogP contribution in [0.15, 0.2) is 5.16 Å². The van der Waals surface area contributed by atoms with Crippen LogP contribution in [0, 0.1) is 0 Å². The van der Waals surface area contributed by atoms with E-state index in [9.17, 15) is 0 Å². The Morgan fingerprint density at radius 2 is 2.31 bits per heavy atom. The van der Waals surface area contributed by atoms with Crippen LogP contribution in [0.5, 0.6) is 0 Å². The highest BCUT2D eigenvalue weighted by Gasteiger charge is 2.29. The maximum Gasteiger partial charge on any atom is 0.153 e. The molecule has 1 aliphatic heterocycles. The van der Waals surface area contributed by atoms with E-state index in [1.807, 2.05) is 0 Å². The first-order valence-corrected chi connectivity index (χ1v) is 4.91. The zero-order valence-corrected chi connectivity index (χ0v) is 8.40. The van der Waals surface area contributed by atoms with Crippen LogP contribution in [0.25, 0.3) is 0 Å². The summed E-state index contributed by atoms with van der Waals surface area (Å²) >= 11 is 0. The van der Waals surface area contributed by atoms with Crippen molar-refractivity contribution < 1.29 is 5.21 Å². The predicted octanol–water partition coefficient (Wildman–Crippen LogP) is 0.996. The number of likely N-dealkylation sites (tertiary alicyclic amines) is 1. The fourth-order valence-electron chi connectivity index (χ4n) is 2.07. The number of oxime groups is 1. The van der Waals surface area contributed by atoms with Crippen molar-refractivity contribution in [1.29, 1.82) is 0 Å². The van der Waals surface area contributed by atoms with E-state index in [1.54, 1.807) is 0 Å². The first-order valence-electron chi connectivity index (χ1n) is 4.91. The molecule has 2 atom stereocenters. The van der Waals surface area contributed by atoms with Gasteiger partial charge in [0.1, 0.15) is 0 Å². The Kier molecular flexibility index (Phi) is 3.54. The van der Waals surface area contributed by atoms with Crippen LogP contribution < -0.4 is 5.73 Å². The van der Waals surface area contributed by atoms with E-state index in [4.69, 9.17) is 10.9 Å². The topological polar surface area (TPSA) is 61.8 Å². The van der Waals surface area contributed by atoms with Gasteiger partial charge in [-0.3, -0.25) is 4.90 Å². The van der Waals surface area contributed by atoms with Crippen LogP contribution in [0.1, 0.15) is 33.1 Å². The average molecular weight is 185 g/mol. The van der Waals surface area contributed by atoms with Gasteiger partial charge in [0, 0.05) is 12.1 Å². The van der Waals surface area contributed by atoms with Crippen LogP contribution in [-0.4, -0.2) is 34.6 Å². The van der Waals surface area contributed by atoms with Crippen molar-refractivity contribution in [2.45, 2.75) is 45.2 Å². The van der Waals surface area contributed by atoms with E-state index >= 15 is 0 Å². The first kappa shape index (κ1) is 10.3. The summed E-state index contributed by atoms with van der Waals surface area (Å²) in [4.78, 5) is 2.31. The number of hydrogen-bond donors (Lipinski definition) is 2. The van der Waals surface area contributed by atoms with Crippen molar-refractivity contribution in [2.75, 3.05) is 6.54 Å². The molecule has 1 aliphatic rings. The molecule has 1 rings (SSSR count). The van der Waals surface area contributed by atoms with Crippen LogP contribution >= 0.6 is 0 Å². The highest BCUT2D eigenvalue weighted by Crippen LogP contribution is 2.25. The molecule has 0 bridgehead atoms. The maximum absolute atomic E-state index is 8.48. The van der Waals surface area contributed by atoms with Crippen molar-refractivity contribution in [3.63, 3.8) is 0 Å². The Labute approximate surface area is 79.4 Å². The molecule has 3 N–H and O–H groups in total. The quantitative estimate of drug-likeness (QED) is 0.298. The molecular weight excluding hydrogens is 166 g/mol. The molecule has 0 spiro atoms. The van der Waals surface area contributed by atoms with Crippen molar-refractivity contribution in [1.82, 2.24) is 4.90 Å². The van der Waals surface area contributed by atoms with Gasteiger partial charge in [-0.05, 0) is 26.2 Å². The van der Waals surface area contributed by atoms with Gasteiger partial charge in [0.2, 0.25) is 0 Å². The number of hydrogen-bond acceptors (Lipinski definition) is 3. The molecule has 0 radical (unpaired) electrons. The minimum atomic E-state index is 0.312. The van der Waals surface area contributed by atoms with E-state index in [0.29, 0.717) is 24.5 Å². The van der Waals surface area contributed by atoms with Gasteiger partial charge in [0.05, 0.1) is 6.54 Å². The summed E-state index contributed by atoms with van der Waals surface area (Å²) in [5, 5.41) is 11.5. The largest absolute Gasteiger partial charge is 0.409 e. The average Bonchev–Trinajstić information content (AvgIpc) is 2.48. The summed E-state index contributed by atoms with van der Waals surface area (Å²) in [7, 11) is 0. The fraction of sp³-hybridized carbons (Fsp3) is 0.889. The first-order chi connectivity index (χ1) is 6.19. The Hall–Kier alpha value is -0.770. The molecule has 4 nitrogen and oxygen atoms in total. The minimum Gasteiger partial charge on any atom is -0.409 e. The summed E-state index contributed by atoms with van der Waals surface area (Å²) in [5.41, 5.74) is 5.49. The number of nitrogens with two attached hydrogens (primary N) is 1. The Bertz CT molecular complexity index is 193. The second kappa shape index (κ2) is 4.46. The van der Waals surface area contributed by atoms with Crippen LogP contribution in [-0.2, 0) is 0 Å².